The van der Waals surface area contributed by atoms with Gasteiger partial charge in [-0.2, -0.15) is 0 Å². The lowest BCUT2D eigenvalue weighted by atomic mass is 10.2. The molecule has 3 aromatic carbocycles. The van der Waals surface area contributed by atoms with Crippen LogP contribution in [0, 0.1) is 0 Å². The molecule has 3 aromatic rings. The molecule has 2 N–H and O–H groups in total. The molecule has 0 unspecified atom stereocenters. The largest absolute Gasteiger partial charge is 0.489 e. The molecule has 0 atom stereocenters. The Hall–Kier alpha value is -3.80. The first-order chi connectivity index (χ1) is 14.0. The van der Waals surface area contributed by atoms with Crippen molar-refractivity contribution in [3.05, 3.63) is 90.0 Å². The fourth-order valence-corrected chi connectivity index (χ4v) is 2.61. The second-order valence-electron chi connectivity index (χ2n) is 6.40. The molecule has 2 amide bonds. The Morgan fingerprint density at radius 3 is 2.00 bits per heavy atom. The highest BCUT2D eigenvalue weighted by Gasteiger charge is 2.12. The van der Waals surface area contributed by atoms with Gasteiger partial charge in [-0.3, -0.25) is 9.59 Å². The average molecular weight is 390 g/mol. The first kappa shape index (κ1) is 19.9. The van der Waals surface area contributed by atoms with Gasteiger partial charge in [-0.05, 0) is 54.1 Å². The third-order valence-electron chi connectivity index (χ3n) is 4.35. The molecule has 0 bridgehead atoms. The molecule has 0 aliphatic rings. The van der Waals surface area contributed by atoms with Gasteiger partial charge in [-0.1, -0.05) is 30.3 Å². The number of rotatable bonds is 8. The van der Waals surface area contributed by atoms with Crippen molar-refractivity contribution < 1.29 is 19.1 Å². The minimum atomic E-state index is -0.509. The van der Waals surface area contributed by atoms with Crippen molar-refractivity contribution >= 4 is 17.5 Å². The summed E-state index contributed by atoms with van der Waals surface area (Å²) in [5.41, 5.74) is 7.35. The van der Waals surface area contributed by atoms with E-state index in [1.165, 1.54) is 4.90 Å². The Balaban J connectivity index is 1.49. The Kier molecular flexibility index (Phi) is 6.47. The van der Waals surface area contributed by atoms with Crippen LogP contribution in [0.1, 0.15) is 15.9 Å². The van der Waals surface area contributed by atoms with Crippen LogP contribution in [0.25, 0.3) is 0 Å². The van der Waals surface area contributed by atoms with Gasteiger partial charge in [0.25, 0.3) is 5.91 Å². The molecular weight excluding hydrogens is 368 g/mol. The molecule has 0 aliphatic carbocycles. The van der Waals surface area contributed by atoms with E-state index in [-0.39, 0.29) is 12.5 Å². The number of anilines is 1. The Labute approximate surface area is 169 Å². The standard InChI is InChI=1S/C23H22N2O4/c1-25(19-9-7-18(8-10-19)23(24)27)22(26)16-29-21-13-11-20(12-14-21)28-15-17-5-3-2-4-6-17/h2-14H,15-16H2,1H3,(H2,24,27). The third-order valence-corrected chi connectivity index (χ3v) is 4.35. The van der Waals surface area contributed by atoms with E-state index in [0.29, 0.717) is 23.6 Å². The number of ether oxygens (including phenoxy) is 2. The van der Waals surface area contributed by atoms with Crippen LogP contribution >= 0.6 is 0 Å². The minimum absolute atomic E-state index is 0.113. The number of likely N-dealkylation sites (N-methyl/N-ethyl adjacent to an activating group) is 1. The van der Waals surface area contributed by atoms with Gasteiger partial charge >= 0.3 is 0 Å². The van der Waals surface area contributed by atoms with E-state index in [0.717, 1.165) is 11.3 Å². The van der Waals surface area contributed by atoms with Crippen molar-refractivity contribution in [2.75, 3.05) is 18.6 Å². The number of nitrogens with zero attached hydrogens (tertiary/aromatic N) is 1. The molecule has 0 aromatic heterocycles. The van der Waals surface area contributed by atoms with Crippen molar-refractivity contribution in [1.29, 1.82) is 0 Å². The monoisotopic (exact) mass is 390 g/mol. The van der Waals surface area contributed by atoms with Crippen LogP contribution in [0.15, 0.2) is 78.9 Å². The molecule has 3 rings (SSSR count). The average Bonchev–Trinajstić information content (AvgIpc) is 2.77. The summed E-state index contributed by atoms with van der Waals surface area (Å²) in [4.78, 5) is 24.9. The van der Waals surface area contributed by atoms with Gasteiger partial charge in [-0.25, -0.2) is 0 Å². The van der Waals surface area contributed by atoms with Gasteiger partial charge in [0.2, 0.25) is 5.91 Å². The van der Waals surface area contributed by atoms with Crippen LogP contribution in [0.2, 0.25) is 0 Å². The van der Waals surface area contributed by atoms with E-state index in [1.807, 2.05) is 30.3 Å². The number of amides is 2. The van der Waals surface area contributed by atoms with Gasteiger partial charge < -0.3 is 20.1 Å². The quantitative estimate of drug-likeness (QED) is 0.639. The fraction of sp³-hybridized carbons (Fsp3) is 0.130. The number of primary amides is 1. The first-order valence-electron chi connectivity index (χ1n) is 9.09. The zero-order valence-electron chi connectivity index (χ0n) is 16.1. The summed E-state index contributed by atoms with van der Waals surface area (Å²) in [7, 11) is 1.64. The molecule has 148 valence electrons. The van der Waals surface area contributed by atoms with Gasteiger partial charge in [0.1, 0.15) is 18.1 Å². The van der Waals surface area contributed by atoms with Gasteiger partial charge in [0.05, 0.1) is 0 Å². The van der Waals surface area contributed by atoms with Gasteiger partial charge in [0.15, 0.2) is 6.61 Å². The highest BCUT2D eigenvalue weighted by molar-refractivity contribution is 5.96. The number of hydrogen-bond donors (Lipinski definition) is 1. The van der Waals surface area contributed by atoms with Crippen molar-refractivity contribution in [3.63, 3.8) is 0 Å². The lowest BCUT2D eigenvalue weighted by Gasteiger charge is -2.18. The second kappa shape index (κ2) is 9.41. The van der Waals surface area contributed by atoms with E-state index in [1.54, 1.807) is 55.6 Å². The lowest BCUT2D eigenvalue weighted by Crippen LogP contribution is -2.31. The maximum Gasteiger partial charge on any atom is 0.264 e. The molecule has 0 fully saturated rings. The number of carbonyl (C=O) groups is 2. The van der Waals surface area contributed by atoms with Gasteiger partial charge in [0, 0.05) is 18.3 Å². The topological polar surface area (TPSA) is 81.9 Å². The molecule has 6 nitrogen and oxygen atoms in total. The van der Waals surface area contributed by atoms with E-state index in [2.05, 4.69) is 0 Å². The summed E-state index contributed by atoms with van der Waals surface area (Å²) >= 11 is 0. The normalized spacial score (nSPS) is 10.2. The van der Waals surface area contributed by atoms with E-state index >= 15 is 0 Å². The second-order valence-corrected chi connectivity index (χ2v) is 6.40. The Morgan fingerprint density at radius 2 is 1.41 bits per heavy atom. The molecule has 0 aliphatic heterocycles. The highest BCUT2D eigenvalue weighted by Crippen LogP contribution is 2.19. The minimum Gasteiger partial charge on any atom is -0.489 e. The molecule has 0 spiro atoms. The lowest BCUT2D eigenvalue weighted by molar-refractivity contribution is -0.120. The van der Waals surface area contributed by atoms with Crippen LogP contribution in [0.5, 0.6) is 11.5 Å². The highest BCUT2D eigenvalue weighted by atomic mass is 16.5. The van der Waals surface area contributed by atoms with Crippen LogP contribution in [0.4, 0.5) is 5.69 Å². The first-order valence-corrected chi connectivity index (χ1v) is 9.09. The SMILES string of the molecule is CN(C(=O)COc1ccc(OCc2ccccc2)cc1)c1ccc(C(N)=O)cc1. The van der Waals surface area contributed by atoms with E-state index in [9.17, 15) is 9.59 Å². The van der Waals surface area contributed by atoms with Crippen LogP contribution in [0.3, 0.4) is 0 Å². The van der Waals surface area contributed by atoms with Crippen molar-refractivity contribution in [3.8, 4) is 11.5 Å². The number of carbonyl (C=O) groups excluding carboxylic acids is 2. The van der Waals surface area contributed by atoms with Crippen molar-refractivity contribution in [2.24, 2.45) is 5.73 Å². The summed E-state index contributed by atoms with van der Waals surface area (Å²) in [6.07, 6.45) is 0. The maximum atomic E-state index is 12.3. The molecule has 0 radical (unpaired) electrons. The predicted octanol–water partition coefficient (Wildman–Crippen LogP) is 3.41. The Morgan fingerprint density at radius 1 is 0.828 bits per heavy atom. The maximum absolute atomic E-state index is 12.3. The summed E-state index contributed by atoms with van der Waals surface area (Å²) in [5.74, 6) is 0.563. The zero-order chi connectivity index (χ0) is 20.6. The third kappa shape index (κ3) is 5.59. The summed E-state index contributed by atoms with van der Waals surface area (Å²) in [6.45, 7) is 0.372. The molecule has 0 saturated carbocycles. The smallest absolute Gasteiger partial charge is 0.264 e. The summed E-state index contributed by atoms with van der Waals surface area (Å²) in [5, 5.41) is 0. The predicted molar refractivity (Wildman–Crippen MR) is 111 cm³/mol. The molecule has 0 heterocycles. The molecular formula is C23H22N2O4. The van der Waals surface area contributed by atoms with E-state index in [4.69, 9.17) is 15.2 Å². The molecule has 6 heteroatoms. The Bertz CT molecular complexity index is 954. The van der Waals surface area contributed by atoms with Crippen LogP contribution in [-0.4, -0.2) is 25.5 Å². The number of hydrogen-bond acceptors (Lipinski definition) is 4. The van der Waals surface area contributed by atoms with E-state index < -0.39 is 5.91 Å². The zero-order valence-corrected chi connectivity index (χ0v) is 16.1. The number of benzene rings is 3. The molecule has 29 heavy (non-hydrogen) atoms. The van der Waals surface area contributed by atoms with Crippen LogP contribution in [-0.2, 0) is 11.4 Å². The van der Waals surface area contributed by atoms with Crippen LogP contribution < -0.4 is 20.1 Å². The summed E-state index contributed by atoms with van der Waals surface area (Å²) in [6, 6.07) is 23.5. The molecule has 0 saturated heterocycles. The fourth-order valence-electron chi connectivity index (χ4n) is 2.61. The van der Waals surface area contributed by atoms with Crippen molar-refractivity contribution in [1.82, 2.24) is 0 Å². The van der Waals surface area contributed by atoms with Gasteiger partial charge in [-0.15, -0.1) is 0 Å². The van der Waals surface area contributed by atoms with Crippen molar-refractivity contribution in [2.45, 2.75) is 6.61 Å². The summed E-state index contributed by atoms with van der Waals surface area (Å²) < 4.78 is 11.3. The number of nitrogens with two attached hydrogens (primary N) is 1.